The van der Waals surface area contributed by atoms with Crippen LogP contribution in [0.15, 0.2) is 30.3 Å². The first kappa shape index (κ1) is 15.1. The second-order valence-corrected chi connectivity index (χ2v) is 8.10. The second-order valence-electron chi connectivity index (χ2n) is 5.58. The summed E-state index contributed by atoms with van der Waals surface area (Å²) in [6, 6.07) is 9.00. The fourth-order valence-electron chi connectivity index (χ4n) is 1.35. The van der Waals surface area contributed by atoms with Gasteiger partial charge in [0.15, 0.2) is 0 Å². The summed E-state index contributed by atoms with van der Waals surface area (Å²) in [5.74, 6) is 0. The Bertz CT molecular complexity index is 487. The first-order chi connectivity index (χ1) is 8.06. The highest BCUT2D eigenvalue weighted by atomic mass is 32.2. The molecule has 1 aromatic carbocycles. The summed E-state index contributed by atoms with van der Waals surface area (Å²) in [4.78, 5) is 0. The number of benzene rings is 1. The molecule has 0 aliphatic carbocycles. The third-order valence-electron chi connectivity index (χ3n) is 2.81. The minimum atomic E-state index is -3.45. The third-order valence-corrected chi connectivity index (χ3v) is 4.95. The largest absolute Gasteiger partial charge is 0.384 e. The van der Waals surface area contributed by atoms with Crippen LogP contribution >= 0.6 is 0 Å². The van der Waals surface area contributed by atoms with Crippen molar-refractivity contribution in [2.24, 2.45) is 0 Å². The third kappa shape index (κ3) is 3.54. The second kappa shape index (κ2) is 4.99. The van der Waals surface area contributed by atoms with Crippen LogP contribution in [0.3, 0.4) is 0 Å². The van der Waals surface area contributed by atoms with Gasteiger partial charge in [-0.3, -0.25) is 0 Å². The number of aliphatic hydroxyl groups is 1. The normalized spacial score (nSPS) is 16.3. The van der Waals surface area contributed by atoms with E-state index in [9.17, 15) is 13.5 Å². The predicted molar refractivity (Wildman–Crippen MR) is 72.7 cm³/mol. The van der Waals surface area contributed by atoms with Gasteiger partial charge in [-0.2, -0.15) is 0 Å². The molecule has 0 saturated carbocycles. The van der Waals surface area contributed by atoms with E-state index in [4.69, 9.17) is 0 Å². The fraction of sp³-hybridized carbons (Fsp3) is 0.538. The highest BCUT2D eigenvalue weighted by Gasteiger charge is 2.32. The van der Waals surface area contributed by atoms with Crippen molar-refractivity contribution < 1.29 is 13.5 Å². The Kier molecular flexibility index (Phi) is 4.20. The van der Waals surface area contributed by atoms with Gasteiger partial charge in [0.25, 0.3) is 0 Å². The topological polar surface area (TPSA) is 66.4 Å². The zero-order chi connectivity index (χ0) is 14.0. The molecule has 2 N–H and O–H groups in total. The van der Waals surface area contributed by atoms with Crippen LogP contribution in [-0.4, -0.2) is 24.8 Å². The van der Waals surface area contributed by atoms with Gasteiger partial charge in [-0.15, -0.1) is 0 Å². The molecule has 0 aliphatic rings. The van der Waals surface area contributed by atoms with Gasteiger partial charge in [0.05, 0.1) is 4.75 Å². The van der Waals surface area contributed by atoms with Crippen LogP contribution in [0.25, 0.3) is 0 Å². The maximum atomic E-state index is 11.9. The molecule has 0 spiro atoms. The Morgan fingerprint density at radius 1 is 1.11 bits per heavy atom. The summed E-state index contributed by atoms with van der Waals surface area (Å²) in [6.45, 7) is 6.40. The van der Waals surface area contributed by atoms with E-state index in [-0.39, 0.29) is 6.54 Å². The van der Waals surface area contributed by atoms with Crippen LogP contribution < -0.4 is 4.72 Å². The van der Waals surface area contributed by atoms with Crippen LogP contribution in [-0.2, 0) is 15.6 Å². The van der Waals surface area contributed by atoms with Gasteiger partial charge < -0.3 is 5.11 Å². The van der Waals surface area contributed by atoms with E-state index in [0.717, 1.165) is 0 Å². The first-order valence-electron chi connectivity index (χ1n) is 5.83. The average molecular weight is 271 g/mol. The zero-order valence-corrected chi connectivity index (χ0v) is 12.1. The van der Waals surface area contributed by atoms with Gasteiger partial charge in [-0.25, -0.2) is 13.1 Å². The number of nitrogens with one attached hydrogen (secondary N) is 1. The van der Waals surface area contributed by atoms with Gasteiger partial charge in [-0.1, -0.05) is 30.3 Å². The number of hydrogen-bond acceptors (Lipinski definition) is 3. The van der Waals surface area contributed by atoms with Crippen molar-refractivity contribution in [3.05, 3.63) is 35.9 Å². The molecule has 0 heterocycles. The van der Waals surface area contributed by atoms with Crippen LogP contribution in [0.2, 0.25) is 0 Å². The van der Waals surface area contributed by atoms with Crippen LogP contribution in [0.5, 0.6) is 0 Å². The summed E-state index contributed by atoms with van der Waals surface area (Å²) < 4.78 is 25.4. The summed E-state index contributed by atoms with van der Waals surface area (Å²) in [5.41, 5.74) is -0.541. The SMILES string of the molecule is CC(O)(CNS(=O)(=O)C(C)(C)C)c1ccccc1. The van der Waals surface area contributed by atoms with Crippen LogP contribution in [0.1, 0.15) is 33.3 Å². The van der Waals surface area contributed by atoms with Gasteiger partial charge in [0, 0.05) is 6.54 Å². The standard InChI is InChI=1S/C13H21NO3S/c1-12(2,3)18(16,17)14-10-13(4,15)11-8-6-5-7-9-11/h5-9,14-15H,10H2,1-4H3. The Hall–Kier alpha value is -0.910. The van der Waals surface area contributed by atoms with E-state index in [2.05, 4.69) is 4.72 Å². The maximum Gasteiger partial charge on any atom is 0.216 e. The van der Waals surface area contributed by atoms with E-state index in [1.807, 2.05) is 18.2 Å². The molecule has 0 fully saturated rings. The minimum Gasteiger partial charge on any atom is -0.384 e. The van der Waals surface area contributed by atoms with Crippen molar-refractivity contribution in [3.63, 3.8) is 0 Å². The molecule has 0 aromatic heterocycles. The lowest BCUT2D eigenvalue weighted by Crippen LogP contribution is -2.45. The van der Waals surface area contributed by atoms with Crippen molar-refractivity contribution in [1.29, 1.82) is 0 Å². The molecule has 1 unspecified atom stereocenters. The zero-order valence-electron chi connectivity index (χ0n) is 11.3. The van der Waals surface area contributed by atoms with Crippen molar-refractivity contribution in [1.82, 2.24) is 4.72 Å². The van der Waals surface area contributed by atoms with Crippen molar-refractivity contribution in [2.45, 2.75) is 38.0 Å². The van der Waals surface area contributed by atoms with Crippen LogP contribution in [0, 0.1) is 0 Å². The number of hydrogen-bond donors (Lipinski definition) is 2. The van der Waals surface area contributed by atoms with E-state index >= 15 is 0 Å². The highest BCUT2D eigenvalue weighted by Crippen LogP contribution is 2.21. The highest BCUT2D eigenvalue weighted by molar-refractivity contribution is 7.90. The fourth-order valence-corrected chi connectivity index (χ4v) is 2.26. The lowest BCUT2D eigenvalue weighted by Gasteiger charge is -2.27. The molecular formula is C13H21NO3S. The monoisotopic (exact) mass is 271 g/mol. The minimum absolute atomic E-state index is 0.0450. The molecule has 0 amide bonds. The Morgan fingerprint density at radius 2 is 1.61 bits per heavy atom. The lowest BCUT2D eigenvalue weighted by molar-refractivity contribution is 0.0626. The van der Waals surface area contributed by atoms with E-state index in [1.54, 1.807) is 39.8 Å². The van der Waals surface area contributed by atoms with Crippen molar-refractivity contribution in [3.8, 4) is 0 Å². The van der Waals surface area contributed by atoms with E-state index in [1.165, 1.54) is 0 Å². The van der Waals surface area contributed by atoms with Gasteiger partial charge in [0.1, 0.15) is 5.60 Å². The first-order valence-corrected chi connectivity index (χ1v) is 7.32. The molecule has 18 heavy (non-hydrogen) atoms. The molecule has 0 aliphatic heterocycles. The summed E-state index contributed by atoms with van der Waals surface area (Å²) in [7, 11) is -3.45. The molecular weight excluding hydrogens is 250 g/mol. The lowest BCUT2D eigenvalue weighted by atomic mass is 9.97. The molecule has 0 bridgehead atoms. The molecule has 5 heteroatoms. The van der Waals surface area contributed by atoms with Crippen LogP contribution in [0.4, 0.5) is 0 Å². The van der Waals surface area contributed by atoms with Gasteiger partial charge in [-0.05, 0) is 33.3 Å². The molecule has 0 radical (unpaired) electrons. The molecule has 4 nitrogen and oxygen atoms in total. The summed E-state index contributed by atoms with van der Waals surface area (Å²) in [6.07, 6.45) is 0. The molecule has 0 saturated heterocycles. The Labute approximate surface area is 109 Å². The average Bonchev–Trinajstić information content (AvgIpc) is 2.26. The Morgan fingerprint density at radius 3 is 2.06 bits per heavy atom. The smallest absolute Gasteiger partial charge is 0.216 e. The van der Waals surface area contributed by atoms with E-state index < -0.39 is 20.4 Å². The van der Waals surface area contributed by atoms with Gasteiger partial charge >= 0.3 is 0 Å². The van der Waals surface area contributed by atoms with Gasteiger partial charge in [0.2, 0.25) is 10.0 Å². The number of sulfonamides is 1. The maximum absolute atomic E-state index is 11.9. The Balaban J connectivity index is 2.81. The van der Waals surface area contributed by atoms with Crippen molar-refractivity contribution in [2.75, 3.05) is 6.54 Å². The molecule has 1 rings (SSSR count). The molecule has 1 atom stereocenters. The summed E-state index contributed by atoms with van der Waals surface area (Å²) in [5, 5.41) is 10.3. The molecule has 1 aromatic rings. The van der Waals surface area contributed by atoms with Crippen molar-refractivity contribution >= 4 is 10.0 Å². The van der Waals surface area contributed by atoms with E-state index in [0.29, 0.717) is 5.56 Å². The number of rotatable bonds is 4. The predicted octanol–water partition coefficient (Wildman–Crippen LogP) is 1.61. The quantitative estimate of drug-likeness (QED) is 0.874. The molecule has 102 valence electrons. The summed E-state index contributed by atoms with van der Waals surface area (Å²) >= 11 is 0.